The topological polar surface area (TPSA) is 130 Å². The lowest BCUT2D eigenvalue weighted by Gasteiger charge is -2.13. The Balaban J connectivity index is 4.52. The molecule has 0 aromatic rings. The summed E-state index contributed by atoms with van der Waals surface area (Å²) in [5.74, 6) is -3.69. The Morgan fingerprint density at radius 2 is 1.70 bits per heavy atom. The average Bonchev–Trinajstić information content (AvgIpc) is 2.23. The number of rotatable bonds is 8. The molecule has 0 saturated carbocycles. The summed E-state index contributed by atoms with van der Waals surface area (Å²) in [6.45, 7) is 4.58. The highest BCUT2D eigenvalue weighted by Crippen LogP contribution is 1.99. The fourth-order valence-electron chi connectivity index (χ4n) is 1.40. The Hall–Kier alpha value is -1.64. The molecule has 0 heterocycles. The molecule has 9 heteroatoms. The van der Waals surface area contributed by atoms with Gasteiger partial charge in [-0.2, -0.15) is 0 Å². The van der Waals surface area contributed by atoms with Crippen LogP contribution >= 0.6 is 0 Å². The molecule has 3 N–H and O–H groups in total. The maximum Gasteiger partial charge on any atom is 0.327 e. The van der Waals surface area contributed by atoms with Gasteiger partial charge in [0.05, 0.1) is 11.5 Å². The molecule has 0 fully saturated rings. The van der Waals surface area contributed by atoms with E-state index in [1.54, 1.807) is 13.8 Å². The molecule has 0 rings (SSSR count). The molecule has 1 atom stereocenters. The van der Waals surface area contributed by atoms with Gasteiger partial charge in [-0.15, -0.1) is 0 Å². The van der Waals surface area contributed by atoms with Crippen molar-refractivity contribution in [3.63, 3.8) is 0 Å². The van der Waals surface area contributed by atoms with Crippen LogP contribution in [-0.4, -0.2) is 54.9 Å². The van der Waals surface area contributed by atoms with Crippen molar-refractivity contribution in [3.8, 4) is 0 Å². The Labute approximate surface area is 117 Å². The number of sulfone groups is 1. The van der Waals surface area contributed by atoms with Crippen molar-refractivity contribution in [2.24, 2.45) is 0 Å². The number of amides is 2. The maximum absolute atomic E-state index is 11.7. The van der Waals surface area contributed by atoms with Crippen LogP contribution < -0.4 is 10.6 Å². The normalized spacial score (nSPS) is 12.8. The van der Waals surface area contributed by atoms with Crippen LogP contribution in [0.4, 0.5) is 0 Å². The summed E-state index contributed by atoms with van der Waals surface area (Å²) in [6.07, 6.45) is -0.243. The number of hydrogen-bond donors (Lipinski definition) is 3. The molecule has 0 radical (unpaired) electrons. The van der Waals surface area contributed by atoms with Crippen molar-refractivity contribution in [2.45, 2.75) is 39.3 Å². The van der Waals surface area contributed by atoms with Gasteiger partial charge >= 0.3 is 5.97 Å². The highest BCUT2D eigenvalue weighted by Gasteiger charge is 2.26. The summed E-state index contributed by atoms with van der Waals surface area (Å²) in [7, 11) is -3.76. The SMILES string of the molecule is CC(=O)N[C@@H](CS(=O)(=O)CCC(=O)NC(C)C)C(=O)O. The molecule has 0 aliphatic carbocycles. The van der Waals surface area contributed by atoms with Crippen LogP contribution in [0.15, 0.2) is 0 Å². The van der Waals surface area contributed by atoms with Crippen molar-refractivity contribution < 1.29 is 27.9 Å². The van der Waals surface area contributed by atoms with Gasteiger partial charge in [0.2, 0.25) is 11.8 Å². The number of carbonyl (C=O) groups excluding carboxylic acids is 2. The first-order valence-corrected chi connectivity index (χ1v) is 7.85. The van der Waals surface area contributed by atoms with Gasteiger partial charge in [-0.25, -0.2) is 13.2 Å². The van der Waals surface area contributed by atoms with Crippen molar-refractivity contribution in [3.05, 3.63) is 0 Å². The lowest BCUT2D eigenvalue weighted by atomic mass is 10.3. The fraction of sp³-hybridized carbons (Fsp3) is 0.727. The molecular formula is C11H20N2O6S. The van der Waals surface area contributed by atoms with E-state index in [0.717, 1.165) is 6.92 Å². The lowest BCUT2D eigenvalue weighted by molar-refractivity contribution is -0.140. The first-order valence-electron chi connectivity index (χ1n) is 6.03. The van der Waals surface area contributed by atoms with E-state index >= 15 is 0 Å². The van der Waals surface area contributed by atoms with E-state index in [0.29, 0.717) is 0 Å². The smallest absolute Gasteiger partial charge is 0.327 e. The Morgan fingerprint density at radius 3 is 2.10 bits per heavy atom. The molecule has 2 amide bonds. The number of carboxylic acid groups (broad SMARTS) is 1. The van der Waals surface area contributed by atoms with E-state index < -0.39 is 45.2 Å². The summed E-state index contributed by atoms with van der Waals surface area (Å²) in [5.41, 5.74) is 0. The van der Waals surface area contributed by atoms with Gasteiger partial charge < -0.3 is 15.7 Å². The second-order valence-electron chi connectivity index (χ2n) is 4.68. The second-order valence-corrected chi connectivity index (χ2v) is 6.91. The molecule has 0 saturated heterocycles. The van der Waals surface area contributed by atoms with E-state index in [4.69, 9.17) is 5.11 Å². The van der Waals surface area contributed by atoms with Gasteiger partial charge in [-0.3, -0.25) is 9.59 Å². The van der Waals surface area contributed by atoms with E-state index in [2.05, 4.69) is 5.32 Å². The predicted octanol–water partition coefficient (Wildman–Crippen LogP) is -1.09. The third kappa shape index (κ3) is 8.46. The Kier molecular flexibility index (Phi) is 7.19. The summed E-state index contributed by atoms with van der Waals surface area (Å²) < 4.78 is 23.4. The van der Waals surface area contributed by atoms with Crippen LogP contribution in [0.25, 0.3) is 0 Å². The molecule has 0 aliphatic rings. The first-order chi connectivity index (χ1) is 9.03. The van der Waals surface area contributed by atoms with Crippen LogP contribution in [0, 0.1) is 0 Å². The van der Waals surface area contributed by atoms with Crippen LogP contribution in [0.2, 0.25) is 0 Å². The number of carbonyl (C=O) groups is 3. The Bertz CT molecular complexity index is 471. The zero-order chi connectivity index (χ0) is 15.9. The quantitative estimate of drug-likeness (QED) is 0.522. The average molecular weight is 308 g/mol. The van der Waals surface area contributed by atoms with Gasteiger partial charge in [0.15, 0.2) is 9.84 Å². The van der Waals surface area contributed by atoms with Gasteiger partial charge in [0.1, 0.15) is 6.04 Å². The van der Waals surface area contributed by atoms with Gasteiger partial charge in [-0.1, -0.05) is 0 Å². The monoisotopic (exact) mass is 308 g/mol. The molecule has 0 aromatic heterocycles. The third-order valence-electron chi connectivity index (χ3n) is 2.19. The zero-order valence-electron chi connectivity index (χ0n) is 11.7. The van der Waals surface area contributed by atoms with E-state index in [-0.39, 0.29) is 12.5 Å². The van der Waals surface area contributed by atoms with Crippen LogP contribution in [0.3, 0.4) is 0 Å². The van der Waals surface area contributed by atoms with Crippen LogP contribution in [0.1, 0.15) is 27.2 Å². The number of aliphatic carboxylic acids is 1. The van der Waals surface area contributed by atoms with Crippen molar-refractivity contribution >= 4 is 27.6 Å². The third-order valence-corrected chi connectivity index (χ3v) is 3.85. The van der Waals surface area contributed by atoms with Gasteiger partial charge in [0, 0.05) is 19.4 Å². The molecule has 0 unspecified atom stereocenters. The molecule has 0 bridgehead atoms. The fourth-order valence-corrected chi connectivity index (χ4v) is 2.80. The summed E-state index contributed by atoms with van der Waals surface area (Å²) in [6, 6.07) is -1.61. The Morgan fingerprint density at radius 1 is 1.15 bits per heavy atom. The molecule has 0 aromatic carbocycles. The summed E-state index contributed by atoms with van der Waals surface area (Å²) in [5, 5.41) is 13.4. The standard InChI is InChI=1S/C11H20N2O6S/c1-7(2)12-10(15)4-5-20(18,19)6-9(11(16)17)13-8(3)14/h7,9H,4-6H2,1-3H3,(H,12,15)(H,13,14)(H,16,17)/t9-/m0/s1. The zero-order valence-corrected chi connectivity index (χ0v) is 12.5. The van der Waals surface area contributed by atoms with Gasteiger partial charge in [0.25, 0.3) is 0 Å². The molecule has 8 nitrogen and oxygen atoms in total. The summed E-state index contributed by atoms with van der Waals surface area (Å²) >= 11 is 0. The summed E-state index contributed by atoms with van der Waals surface area (Å²) in [4.78, 5) is 33.0. The molecule has 116 valence electrons. The van der Waals surface area contributed by atoms with Crippen LogP contribution in [-0.2, 0) is 24.2 Å². The van der Waals surface area contributed by atoms with E-state index in [1.165, 1.54) is 0 Å². The van der Waals surface area contributed by atoms with Crippen molar-refractivity contribution in [2.75, 3.05) is 11.5 Å². The highest BCUT2D eigenvalue weighted by atomic mass is 32.2. The highest BCUT2D eigenvalue weighted by molar-refractivity contribution is 7.91. The second kappa shape index (κ2) is 7.83. The van der Waals surface area contributed by atoms with Crippen LogP contribution in [0.5, 0.6) is 0 Å². The molecule has 0 spiro atoms. The lowest BCUT2D eigenvalue weighted by Crippen LogP contribution is -2.45. The molecule has 0 aliphatic heterocycles. The van der Waals surface area contributed by atoms with E-state index in [1.807, 2.05) is 5.32 Å². The minimum atomic E-state index is -3.76. The first kappa shape index (κ1) is 18.4. The minimum Gasteiger partial charge on any atom is -0.480 e. The largest absolute Gasteiger partial charge is 0.480 e. The maximum atomic E-state index is 11.7. The van der Waals surface area contributed by atoms with Crippen molar-refractivity contribution in [1.82, 2.24) is 10.6 Å². The number of hydrogen-bond acceptors (Lipinski definition) is 5. The number of nitrogens with one attached hydrogen (secondary N) is 2. The number of carboxylic acids is 1. The molecular weight excluding hydrogens is 288 g/mol. The minimum absolute atomic E-state index is 0.101. The van der Waals surface area contributed by atoms with Crippen molar-refractivity contribution in [1.29, 1.82) is 0 Å². The van der Waals surface area contributed by atoms with E-state index in [9.17, 15) is 22.8 Å². The van der Waals surface area contributed by atoms with Gasteiger partial charge in [-0.05, 0) is 13.8 Å². The molecule has 20 heavy (non-hydrogen) atoms. The predicted molar refractivity (Wildman–Crippen MR) is 71.8 cm³/mol.